The van der Waals surface area contributed by atoms with Crippen molar-refractivity contribution in [3.05, 3.63) is 74.6 Å². The number of aliphatic hydroxyl groups is 1. The molecular formula is C25H27Cl2N3O4. The number of rotatable bonds is 7. The van der Waals surface area contributed by atoms with Crippen molar-refractivity contribution in [3.8, 4) is 5.75 Å². The fraction of sp³-hybridized carbons (Fsp3) is 0.360. The van der Waals surface area contributed by atoms with Crippen molar-refractivity contribution in [2.75, 3.05) is 26.2 Å². The number of carbonyl (C=O) groups excluding carboxylic acids is 1. The number of aryl methyl sites for hydroxylation is 1. The van der Waals surface area contributed by atoms with Crippen molar-refractivity contribution in [3.63, 3.8) is 0 Å². The van der Waals surface area contributed by atoms with Crippen molar-refractivity contribution >= 4 is 39.9 Å². The van der Waals surface area contributed by atoms with Gasteiger partial charge in [0, 0.05) is 56.3 Å². The Hall–Kier alpha value is -2.58. The number of amides is 1. The van der Waals surface area contributed by atoms with Gasteiger partial charge in [0.25, 0.3) is 11.5 Å². The molecular weight excluding hydrogens is 477 g/mol. The smallest absolute Gasteiger partial charge is 0.258 e. The molecule has 180 valence electrons. The Morgan fingerprint density at radius 3 is 2.56 bits per heavy atom. The number of ether oxygens (including phenoxy) is 1. The van der Waals surface area contributed by atoms with Crippen molar-refractivity contribution in [2.24, 2.45) is 7.05 Å². The lowest BCUT2D eigenvalue weighted by molar-refractivity contribution is 0.0594. The van der Waals surface area contributed by atoms with E-state index >= 15 is 0 Å². The number of benzene rings is 2. The second kappa shape index (κ2) is 10.8. The van der Waals surface area contributed by atoms with Gasteiger partial charge in [-0.15, -0.1) is 0 Å². The number of piperidine rings is 1. The van der Waals surface area contributed by atoms with Gasteiger partial charge in [-0.1, -0.05) is 41.4 Å². The van der Waals surface area contributed by atoms with E-state index in [1.165, 1.54) is 10.8 Å². The molecule has 1 amide bonds. The summed E-state index contributed by atoms with van der Waals surface area (Å²) in [6, 6.07) is 12.3. The molecule has 2 heterocycles. The number of nitrogens with one attached hydrogen (secondary N) is 1. The maximum absolute atomic E-state index is 12.8. The van der Waals surface area contributed by atoms with Gasteiger partial charge >= 0.3 is 0 Å². The summed E-state index contributed by atoms with van der Waals surface area (Å²) in [6.07, 6.45) is 2.54. The van der Waals surface area contributed by atoms with Crippen molar-refractivity contribution < 1.29 is 14.6 Å². The van der Waals surface area contributed by atoms with E-state index in [2.05, 4.69) is 10.2 Å². The van der Waals surface area contributed by atoms with Gasteiger partial charge < -0.3 is 24.6 Å². The Bertz CT molecular complexity index is 1240. The first-order valence-electron chi connectivity index (χ1n) is 11.2. The highest BCUT2D eigenvalue weighted by atomic mass is 35.5. The lowest BCUT2D eigenvalue weighted by Gasteiger charge is -2.33. The second-order valence-corrected chi connectivity index (χ2v) is 9.38. The molecule has 2 N–H and O–H groups in total. The van der Waals surface area contributed by atoms with Gasteiger partial charge in [-0.05, 0) is 31.0 Å². The molecule has 1 aliphatic heterocycles. The van der Waals surface area contributed by atoms with Crippen LogP contribution in [-0.2, 0) is 7.05 Å². The van der Waals surface area contributed by atoms with Gasteiger partial charge in [0.05, 0.1) is 21.7 Å². The first kappa shape index (κ1) is 24.5. The number of hydrogen-bond acceptors (Lipinski definition) is 5. The van der Waals surface area contributed by atoms with E-state index in [1.807, 2.05) is 0 Å². The quantitative estimate of drug-likeness (QED) is 0.515. The van der Waals surface area contributed by atoms with E-state index in [4.69, 9.17) is 27.9 Å². The number of nitrogens with zero attached hydrogens (tertiary/aromatic N) is 2. The Morgan fingerprint density at radius 2 is 1.85 bits per heavy atom. The van der Waals surface area contributed by atoms with E-state index < -0.39 is 6.10 Å². The lowest BCUT2D eigenvalue weighted by Crippen LogP contribution is -2.45. The number of hydrogen-bond donors (Lipinski definition) is 2. The predicted molar refractivity (Wildman–Crippen MR) is 134 cm³/mol. The van der Waals surface area contributed by atoms with E-state index in [0.717, 1.165) is 25.9 Å². The Balaban J connectivity index is 1.26. The van der Waals surface area contributed by atoms with E-state index in [-0.39, 0.29) is 24.1 Å². The van der Waals surface area contributed by atoms with Crippen molar-refractivity contribution in [1.29, 1.82) is 0 Å². The molecule has 7 nitrogen and oxygen atoms in total. The molecule has 3 aromatic rings. The van der Waals surface area contributed by atoms with E-state index in [9.17, 15) is 14.7 Å². The van der Waals surface area contributed by atoms with Crippen LogP contribution in [0.5, 0.6) is 5.75 Å². The zero-order valence-electron chi connectivity index (χ0n) is 18.8. The largest absolute Gasteiger partial charge is 0.490 e. The van der Waals surface area contributed by atoms with Gasteiger partial charge in [0.15, 0.2) is 0 Å². The third-order valence-electron chi connectivity index (χ3n) is 6.03. The van der Waals surface area contributed by atoms with Gasteiger partial charge in [-0.3, -0.25) is 9.59 Å². The molecule has 1 saturated heterocycles. The SMILES string of the molecule is Cn1cc(C(=O)NCC(O)CN2CCC(Oc3ccc(Cl)c(Cl)c3)CC2)c2ccccc2c1=O. The maximum atomic E-state index is 12.8. The number of likely N-dealkylation sites (tertiary alicyclic amines) is 1. The van der Waals surface area contributed by atoms with Crippen LogP contribution < -0.4 is 15.6 Å². The zero-order valence-corrected chi connectivity index (χ0v) is 20.4. The average molecular weight is 504 g/mol. The fourth-order valence-corrected chi connectivity index (χ4v) is 4.51. The number of fused-ring (bicyclic) bond motifs is 1. The number of pyridine rings is 1. The van der Waals surface area contributed by atoms with Crippen LogP contribution in [0, 0.1) is 0 Å². The lowest BCUT2D eigenvalue weighted by atomic mass is 10.1. The molecule has 1 unspecified atom stereocenters. The Kier molecular flexibility index (Phi) is 7.78. The highest BCUT2D eigenvalue weighted by Gasteiger charge is 2.23. The molecule has 34 heavy (non-hydrogen) atoms. The minimum absolute atomic E-state index is 0.0725. The molecule has 1 aromatic heterocycles. The summed E-state index contributed by atoms with van der Waals surface area (Å²) in [7, 11) is 1.62. The van der Waals surface area contributed by atoms with Crippen LogP contribution in [0.2, 0.25) is 10.0 Å². The molecule has 9 heteroatoms. The fourth-order valence-electron chi connectivity index (χ4n) is 4.22. The molecule has 0 radical (unpaired) electrons. The van der Waals surface area contributed by atoms with Gasteiger partial charge in [0.1, 0.15) is 11.9 Å². The standard InChI is InChI=1S/C25H27Cl2N3O4/c1-29-15-21(19-4-2-3-5-20(19)25(29)33)24(32)28-13-16(31)14-30-10-8-17(9-11-30)34-18-6-7-22(26)23(27)12-18/h2-7,12,15-17,31H,8-11,13-14H2,1H3,(H,28,32). The summed E-state index contributed by atoms with van der Waals surface area (Å²) in [5.41, 5.74) is 0.254. The highest BCUT2D eigenvalue weighted by Crippen LogP contribution is 2.28. The highest BCUT2D eigenvalue weighted by molar-refractivity contribution is 6.42. The topological polar surface area (TPSA) is 83.8 Å². The van der Waals surface area contributed by atoms with E-state index in [1.54, 1.807) is 49.5 Å². The van der Waals surface area contributed by atoms with Gasteiger partial charge in [0.2, 0.25) is 0 Å². The Labute approximate surface area is 207 Å². The number of carbonyl (C=O) groups is 1. The minimum atomic E-state index is -0.713. The molecule has 1 atom stereocenters. The molecule has 0 spiro atoms. The van der Waals surface area contributed by atoms with Crippen LogP contribution in [0.3, 0.4) is 0 Å². The predicted octanol–water partition coefficient (Wildman–Crippen LogP) is 3.48. The second-order valence-electron chi connectivity index (χ2n) is 8.56. The first-order chi connectivity index (χ1) is 16.3. The molecule has 0 aliphatic carbocycles. The summed E-state index contributed by atoms with van der Waals surface area (Å²) < 4.78 is 7.41. The van der Waals surface area contributed by atoms with Gasteiger partial charge in [-0.2, -0.15) is 0 Å². The van der Waals surface area contributed by atoms with Crippen molar-refractivity contribution in [1.82, 2.24) is 14.8 Å². The average Bonchev–Trinajstić information content (AvgIpc) is 2.83. The minimum Gasteiger partial charge on any atom is -0.490 e. The summed E-state index contributed by atoms with van der Waals surface area (Å²) in [6.45, 7) is 2.13. The molecule has 4 rings (SSSR count). The summed E-state index contributed by atoms with van der Waals surface area (Å²) in [5.74, 6) is 0.376. The third-order valence-corrected chi connectivity index (χ3v) is 6.77. The van der Waals surface area contributed by atoms with Crippen LogP contribution in [0.15, 0.2) is 53.5 Å². The van der Waals surface area contributed by atoms with E-state index in [0.29, 0.717) is 38.7 Å². The van der Waals surface area contributed by atoms with Crippen LogP contribution in [0.1, 0.15) is 23.2 Å². The maximum Gasteiger partial charge on any atom is 0.258 e. The number of halogens is 2. The summed E-state index contributed by atoms with van der Waals surface area (Å²) in [4.78, 5) is 27.3. The normalized spacial score (nSPS) is 15.9. The number of β-amino-alcohol motifs (C(OH)–C–C–N with tert-alkyl or cyclic N) is 1. The molecule has 1 aliphatic rings. The van der Waals surface area contributed by atoms with Crippen LogP contribution in [0.25, 0.3) is 10.8 Å². The molecule has 2 aromatic carbocycles. The number of aliphatic hydroxyl groups excluding tert-OH is 1. The van der Waals surface area contributed by atoms with Crippen LogP contribution in [0.4, 0.5) is 0 Å². The monoisotopic (exact) mass is 503 g/mol. The summed E-state index contributed by atoms with van der Waals surface area (Å²) in [5, 5.41) is 15.3. The van der Waals surface area contributed by atoms with Crippen LogP contribution >= 0.6 is 23.2 Å². The molecule has 0 saturated carbocycles. The first-order valence-corrected chi connectivity index (χ1v) is 12.0. The summed E-state index contributed by atoms with van der Waals surface area (Å²) >= 11 is 12.0. The van der Waals surface area contributed by atoms with Crippen molar-refractivity contribution in [2.45, 2.75) is 25.0 Å². The third kappa shape index (κ3) is 5.73. The van der Waals surface area contributed by atoms with Gasteiger partial charge in [-0.25, -0.2) is 0 Å². The number of aromatic nitrogens is 1. The van der Waals surface area contributed by atoms with Crippen LogP contribution in [-0.4, -0.2) is 58.9 Å². The Morgan fingerprint density at radius 1 is 1.15 bits per heavy atom. The molecule has 0 bridgehead atoms. The zero-order chi connectivity index (χ0) is 24.2. The molecule has 1 fully saturated rings.